The zero-order valence-corrected chi connectivity index (χ0v) is 13.4. The zero-order chi connectivity index (χ0) is 16.5. The Kier molecular flexibility index (Phi) is 3.65. The smallest absolute Gasteiger partial charge is 0.273 e. The number of amides is 1. The molecule has 120 valence electrons. The summed E-state index contributed by atoms with van der Waals surface area (Å²) in [5, 5.41) is 3.06. The fourth-order valence-electron chi connectivity index (χ4n) is 2.97. The van der Waals surface area contributed by atoms with E-state index < -0.39 is 0 Å². The first kappa shape index (κ1) is 14.7. The summed E-state index contributed by atoms with van der Waals surface area (Å²) in [4.78, 5) is 16.9. The lowest BCUT2D eigenvalue weighted by atomic mass is 10.1. The summed E-state index contributed by atoms with van der Waals surface area (Å²) in [7, 11) is 0. The summed E-state index contributed by atoms with van der Waals surface area (Å²) in [6.45, 7) is 1.77. The van der Waals surface area contributed by atoms with Crippen LogP contribution in [-0.4, -0.2) is 16.9 Å². The fourth-order valence-corrected chi connectivity index (χ4v) is 2.97. The van der Waals surface area contributed by atoms with Gasteiger partial charge in [-0.25, -0.2) is 4.98 Å². The number of nitrogens with zero attached hydrogens (tertiary/aromatic N) is 1. The monoisotopic (exact) mass is 318 g/mol. The Balaban J connectivity index is 1.47. The molecule has 0 saturated heterocycles. The van der Waals surface area contributed by atoms with Crippen molar-refractivity contribution in [2.45, 2.75) is 25.3 Å². The summed E-state index contributed by atoms with van der Waals surface area (Å²) in [5.74, 6) is 1.26. The SMILES string of the molecule is Cc1oc(-c2ccccc2)nc1C(=O)N[C@@H]1C[C@@H]1c1ccccc1. The third-order valence-corrected chi connectivity index (χ3v) is 4.37. The lowest BCUT2D eigenvalue weighted by molar-refractivity contribution is 0.0944. The minimum Gasteiger partial charge on any atom is -0.441 e. The van der Waals surface area contributed by atoms with Crippen molar-refractivity contribution < 1.29 is 9.21 Å². The Morgan fingerprint density at radius 1 is 1.08 bits per heavy atom. The highest BCUT2D eigenvalue weighted by Gasteiger charge is 2.40. The van der Waals surface area contributed by atoms with Crippen LogP contribution < -0.4 is 5.32 Å². The number of hydrogen-bond donors (Lipinski definition) is 1. The van der Waals surface area contributed by atoms with Gasteiger partial charge in [0.05, 0.1) is 0 Å². The number of aryl methyl sites for hydroxylation is 1. The van der Waals surface area contributed by atoms with Gasteiger partial charge in [0.2, 0.25) is 5.89 Å². The van der Waals surface area contributed by atoms with Gasteiger partial charge < -0.3 is 9.73 Å². The summed E-state index contributed by atoms with van der Waals surface area (Å²) in [5.41, 5.74) is 2.51. The van der Waals surface area contributed by atoms with Crippen molar-refractivity contribution in [1.82, 2.24) is 10.3 Å². The standard InChI is InChI=1S/C20H18N2O2/c1-13-18(22-20(24-13)15-10-6-3-7-11-15)19(23)21-17-12-16(17)14-8-4-2-5-9-14/h2-11,16-17H,12H2,1H3,(H,21,23)/t16-,17-/m1/s1. The van der Waals surface area contributed by atoms with Crippen LogP contribution in [0.1, 0.15) is 34.2 Å². The molecule has 24 heavy (non-hydrogen) atoms. The van der Waals surface area contributed by atoms with E-state index in [9.17, 15) is 4.79 Å². The molecule has 1 aromatic heterocycles. The molecule has 2 atom stereocenters. The van der Waals surface area contributed by atoms with Crippen LogP contribution in [0.15, 0.2) is 65.1 Å². The van der Waals surface area contributed by atoms with Gasteiger partial charge in [-0.05, 0) is 31.0 Å². The number of aromatic nitrogens is 1. The van der Waals surface area contributed by atoms with Crippen LogP contribution in [0.5, 0.6) is 0 Å². The first-order valence-electron chi connectivity index (χ1n) is 8.11. The van der Waals surface area contributed by atoms with Gasteiger partial charge in [-0.2, -0.15) is 0 Å². The van der Waals surface area contributed by atoms with E-state index in [1.54, 1.807) is 6.92 Å². The molecule has 4 nitrogen and oxygen atoms in total. The molecule has 0 spiro atoms. The summed E-state index contributed by atoms with van der Waals surface area (Å²) in [6.07, 6.45) is 0.970. The highest BCUT2D eigenvalue weighted by atomic mass is 16.4. The minimum atomic E-state index is -0.165. The first-order valence-corrected chi connectivity index (χ1v) is 8.11. The Morgan fingerprint density at radius 2 is 1.75 bits per heavy atom. The molecule has 0 bridgehead atoms. The molecular formula is C20H18N2O2. The molecule has 3 aromatic rings. The van der Waals surface area contributed by atoms with Crippen LogP contribution in [0, 0.1) is 6.92 Å². The van der Waals surface area contributed by atoms with Crippen molar-refractivity contribution in [3.63, 3.8) is 0 Å². The highest BCUT2D eigenvalue weighted by molar-refractivity contribution is 5.94. The normalized spacial score (nSPS) is 19.0. The second-order valence-corrected chi connectivity index (χ2v) is 6.12. The van der Waals surface area contributed by atoms with Gasteiger partial charge >= 0.3 is 0 Å². The number of carbonyl (C=O) groups is 1. The van der Waals surface area contributed by atoms with Gasteiger partial charge in [-0.3, -0.25) is 4.79 Å². The predicted octanol–water partition coefficient (Wildman–Crippen LogP) is 3.94. The second-order valence-electron chi connectivity index (χ2n) is 6.12. The van der Waals surface area contributed by atoms with Gasteiger partial charge in [-0.15, -0.1) is 0 Å². The number of oxazole rings is 1. The van der Waals surface area contributed by atoms with E-state index in [1.165, 1.54) is 5.56 Å². The fraction of sp³-hybridized carbons (Fsp3) is 0.200. The van der Waals surface area contributed by atoms with Crippen LogP contribution in [0.4, 0.5) is 0 Å². The maximum atomic E-state index is 12.5. The topological polar surface area (TPSA) is 55.1 Å². The summed E-state index contributed by atoms with van der Waals surface area (Å²) in [6, 6.07) is 20.0. The van der Waals surface area contributed by atoms with Crippen molar-refractivity contribution in [3.8, 4) is 11.5 Å². The molecule has 1 saturated carbocycles. The number of rotatable bonds is 4. The van der Waals surface area contributed by atoms with Gasteiger partial charge in [-0.1, -0.05) is 48.5 Å². The van der Waals surface area contributed by atoms with E-state index in [4.69, 9.17) is 4.42 Å². The molecule has 1 aliphatic rings. The van der Waals surface area contributed by atoms with Crippen molar-refractivity contribution in [2.24, 2.45) is 0 Å². The molecule has 0 unspecified atom stereocenters. The maximum Gasteiger partial charge on any atom is 0.273 e. The van der Waals surface area contributed by atoms with Gasteiger partial charge in [0.1, 0.15) is 5.76 Å². The molecule has 1 heterocycles. The summed E-state index contributed by atoms with van der Waals surface area (Å²) >= 11 is 0. The Labute approximate surface area is 140 Å². The minimum absolute atomic E-state index is 0.165. The van der Waals surface area contributed by atoms with Gasteiger partial charge in [0, 0.05) is 17.5 Å². The van der Waals surface area contributed by atoms with Gasteiger partial charge in [0.15, 0.2) is 5.69 Å². The quantitative estimate of drug-likeness (QED) is 0.793. The van der Waals surface area contributed by atoms with Crippen LogP contribution >= 0.6 is 0 Å². The maximum absolute atomic E-state index is 12.5. The Hall–Kier alpha value is -2.88. The van der Waals surface area contributed by atoms with Crippen molar-refractivity contribution in [1.29, 1.82) is 0 Å². The molecule has 1 amide bonds. The van der Waals surface area contributed by atoms with Crippen LogP contribution in [0.3, 0.4) is 0 Å². The number of benzene rings is 2. The van der Waals surface area contributed by atoms with E-state index in [0.717, 1.165) is 12.0 Å². The Bertz CT molecular complexity index is 856. The molecule has 0 radical (unpaired) electrons. The average Bonchev–Trinajstić information content (AvgIpc) is 3.27. The molecular weight excluding hydrogens is 300 g/mol. The number of carbonyl (C=O) groups excluding carboxylic acids is 1. The van der Waals surface area contributed by atoms with Crippen LogP contribution in [0.25, 0.3) is 11.5 Å². The summed E-state index contributed by atoms with van der Waals surface area (Å²) < 4.78 is 5.66. The highest BCUT2D eigenvalue weighted by Crippen LogP contribution is 2.40. The molecule has 4 heteroatoms. The van der Waals surface area contributed by atoms with E-state index >= 15 is 0 Å². The van der Waals surface area contributed by atoms with Crippen LogP contribution in [-0.2, 0) is 0 Å². The van der Waals surface area contributed by atoms with E-state index in [2.05, 4.69) is 22.4 Å². The lowest BCUT2D eigenvalue weighted by Crippen LogP contribution is -2.27. The third kappa shape index (κ3) is 2.83. The molecule has 4 rings (SSSR count). The number of hydrogen-bond acceptors (Lipinski definition) is 3. The average molecular weight is 318 g/mol. The van der Waals surface area contributed by atoms with Crippen molar-refractivity contribution in [3.05, 3.63) is 77.7 Å². The van der Waals surface area contributed by atoms with E-state index in [0.29, 0.717) is 23.3 Å². The van der Waals surface area contributed by atoms with E-state index in [1.807, 2.05) is 48.5 Å². The van der Waals surface area contributed by atoms with Gasteiger partial charge in [0.25, 0.3) is 5.91 Å². The molecule has 2 aromatic carbocycles. The molecule has 1 N–H and O–H groups in total. The molecule has 0 aliphatic heterocycles. The van der Waals surface area contributed by atoms with Crippen molar-refractivity contribution >= 4 is 5.91 Å². The molecule has 1 aliphatic carbocycles. The largest absolute Gasteiger partial charge is 0.441 e. The van der Waals surface area contributed by atoms with Crippen LogP contribution in [0.2, 0.25) is 0 Å². The van der Waals surface area contributed by atoms with Crippen molar-refractivity contribution in [2.75, 3.05) is 0 Å². The zero-order valence-electron chi connectivity index (χ0n) is 13.4. The number of nitrogens with one attached hydrogen (secondary N) is 1. The van der Waals surface area contributed by atoms with E-state index in [-0.39, 0.29) is 11.9 Å². The lowest BCUT2D eigenvalue weighted by Gasteiger charge is -2.03. The first-order chi connectivity index (χ1) is 11.7. The Morgan fingerprint density at radius 3 is 2.46 bits per heavy atom. The molecule has 1 fully saturated rings. The second kappa shape index (κ2) is 5.96. The predicted molar refractivity (Wildman–Crippen MR) is 91.7 cm³/mol. The third-order valence-electron chi connectivity index (χ3n) is 4.37.